The first kappa shape index (κ1) is 24.6. The van der Waals surface area contributed by atoms with Crippen molar-refractivity contribution in [2.45, 2.75) is 39.2 Å². The number of aliphatic hydroxyl groups is 1. The summed E-state index contributed by atoms with van der Waals surface area (Å²) >= 11 is 0. The van der Waals surface area contributed by atoms with E-state index in [0.717, 1.165) is 35.2 Å². The molecule has 0 saturated carbocycles. The lowest BCUT2D eigenvalue weighted by Gasteiger charge is -2.32. The number of hydrogen-bond donors (Lipinski definition) is 2. The summed E-state index contributed by atoms with van der Waals surface area (Å²) in [6.45, 7) is 4.12. The van der Waals surface area contributed by atoms with Gasteiger partial charge in [0.15, 0.2) is 11.4 Å². The number of pyridine rings is 1. The highest BCUT2D eigenvalue weighted by Crippen LogP contribution is 2.31. The van der Waals surface area contributed by atoms with E-state index in [-0.39, 0.29) is 23.4 Å². The highest BCUT2D eigenvalue weighted by atomic mass is 16.3. The summed E-state index contributed by atoms with van der Waals surface area (Å²) in [5.74, 6) is 0.107. The van der Waals surface area contributed by atoms with Gasteiger partial charge in [-0.25, -0.2) is 4.98 Å². The maximum atomic E-state index is 12.6. The number of piperidine rings is 1. The van der Waals surface area contributed by atoms with Crippen LogP contribution in [0.5, 0.6) is 0 Å². The molecule has 1 aliphatic heterocycles. The summed E-state index contributed by atoms with van der Waals surface area (Å²) < 4.78 is 1.52. The Bertz CT molecular complexity index is 1440. The second-order valence-corrected chi connectivity index (χ2v) is 9.62. The fraction of sp³-hybridized carbons (Fsp3) is 0.321. The predicted octanol–water partition coefficient (Wildman–Crippen LogP) is 3.41. The Morgan fingerprint density at radius 2 is 1.81 bits per heavy atom. The predicted molar refractivity (Wildman–Crippen MR) is 141 cm³/mol. The van der Waals surface area contributed by atoms with Crippen molar-refractivity contribution in [3.05, 3.63) is 66.1 Å². The minimum Gasteiger partial charge on any atom is -0.384 e. The first-order valence-corrected chi connectivity index (χ1v) is 12.5. The van der Waals surface area contributed by atoms with Gasteiger partial charge in [-0.05, 0) is 45.1 Å². The number of aromatic nitrogens is 4. The Balaban J connectivity index is 1.45. The van der Waals surface area contributed by atoms with E-state index < -0.39 is 6.10 Å². The first-order valence-electron chi connectivity index (χ1n) is 12.5. The van der Waals surface area contributed by atoms with Gasteiger partial charge in [0.2, 0.25) is 0 Å². The van der Waals surface area contributed by atoms with Gasteiger partial charge < -0.3 is 15.7 Å². The molecule has 0 spiro atoms. The van der Waals surface area contributed by atoms with Gasteiger partial charge in [-0.3, -0.25) is 14.6 Å². The lowest BCUT2D eigenvalue weighted by Crippen LogP contribution is -2.43. The van der Waals surface area contributed by atoms with Crippen LogP contribution in [0.1, 0.15) is 42.7 Å². The third-order valence-corrected chi connectivity index (χ3v) is 7.02. The van der Waals surface area contributed by atoms with Crippen LogP contribution in [0.2, 0.25) is 0 Å². The van der Waals surface area contributed by atoms with E-state index in [9.17, 15) is 14.7 Å². The summed E-state index contributed by atoms with van der Waals surface area (Å²) in [5.41, 5.74) is 11.6. The summed E-state index contributed by atoms with van der Waals surface area (Å²) in [6, 6.07) is 13.9. The quantitative estimate of drug-likeness (QED) is 0.390. The van der Waals surface area contributed by atoms with Gasteiger partial charge in [-0.2, -0.15) is 9.61 Å². The zero-order chi connectivity index (χ0) is 26.1. The number of carbonyl (C=O) groups excluding carboxylic acids is 2. The third kappa shape index (κ3) is 4.82. The number of rotatable bonds is 6. The standard InChI is InChI=1S/C28H30N6O3/c1-17(35)25-24(14-19-10-12-33(13-11-19)28(37)18(2)36)32-27-22(16-31-34(27)26(25)29)21-8-9-23(30-15-21)20-6-4-3-5-7-20/h3-9,15-16,18-19,36H,10-14,29H2,1-2H3/t18-/m1/s1. The highest BCUT2D eigenvalue weighted by molar-refractivity contribution is 6.00. The van der Waals surface area contributed by atoms with Gasteiger partial charge in [0.05, 0.1) is 23.1 Å². The minimum atomic E-state index is -0.999. The number of amides is 1. The van der Waals surface area contributed by atoms with Crippen LogP contribution >= 0.6 is 0 Å². The lowest BCUT2D eigenvalue weighted by molar-refractivity contribution is -0.140. The van der Waals surface area contributed by atoms with Gasteiger partial charge in [0, 0.05) is 36.0 Å². The Morgan fingerprint density at radius 1 is 1.08 bits per heavy atom. The van der Waals surface area contributed by atoms with Crippen LogP contribution in [0.15, 0.2) is 54.9 Å². The van der Waals surface area contributed by atoms with Crippen molar-refractivity contribution in [1.29, 1.82) is 0 Å². The van der Waals surface area contributed by atoms with E-state index in [1.807, 2.05) is 42.5 Å². The number of anilines is 1. The molecule has 1 aliphatic rings. The van der Waals surface area contributed by atoms with Gasteiger partial charge in [0.25, 0.3) is 5.91 Å². The third-order valence-electron chi connectivity index (χ3n) is 7.02. The largest absolute Gasteiger partial charge is 0.384 e. The number of benzene rings is 1. The number of Topliss-reactive ketones (excluding diaryl/α,β-unsaturated/α-hetero) is 1. The van der Waals surface area contributed by atoms with Crippen LogP contribution in [-0.4, -0.2) is 60.5 Å². The summed E-state index contributed by atoms with van der Waals surface area (Å²) in [4.78, 5) is 35.9. The van der Waals surface area contributed by atoms with Crippen LogP contribution in [-0.2, 0) is 11.2 Å². The fourth-order valence-corrected chi connectivity index (χ4v) is 5.03. The molecule has 1 fully saturated rings. The second-order valence-electron chi connectivity index (χ2n) is 9.62. The number of nitrogen functional groups attached to an aromatic ring is 1. The molecule has 4 aromatic rings. The molecule has 0 bridgehead atoms. The maximum Gasteiger partial charge on any atom is 0.251 e. The van der Waals surface area contributed by atoms with Crippen molar-refractivity contribution in [3.8, 4) is 22.4 Å². The maximum absolute atomic E-state index is 12.6. The fourth-order valence-electron chi connectivity index (χ4n) is 5.03. The van der Waals surface area contributed by atoms with Gasteiger partial charge >= 0.3 is 0 Å². The van der Waals surface area contributed by atoms with Crippen molar-refractivity contribution in [2.24, 2.45) is 5.92 Å². The molecule has 4 heterocycles. The van der Waals surface area contributed by atoms with Crippen LogP contribution in [0, 0.1) is 5.92 Å². The van der Waals surface area contributed by atoms with E-state index >= 15 is 0 Å². The number of fused-ring (bicyclic) bond motifs is 1. The molecule has 3 aromatic heterocycles. The van der Waals surface area contributed by atoms with E-state index in [4.69, 9.17) is 10.7 Å². The van der Waals surface area contributed by atoms with Gasteiger partial charge in [-0.1, -0.05) is 36.4 Å². The van der Waals surface area contributed by atoms with Crippen LogP contribution < -0.4 is 5.73 Å². The average Bonchev–Trinajstić information content (AvgIpc) is 3.33. The molecule has 9 heteroatoms. The van der Waals surface area contributed by atoms with E-state index in [2.05, 4.69) is 10.1 Å². The van der Waals surface area contributed by atoms with Crippen LogP contribution in [0.3, 0.4) is 0 Å². The number of hydrogen-bond acceptors (Lipinski definition) is 7. The number of nitrogens with zero attached hydrogens (tertiary/aromatic N) is 5. The molecule has 190 valence electrons. The molecule has 5 rings (SSSR count). The second kappa shape index (κ2) is 10.1. The molecule has 9 nitrogen and oxygen atoms in total. The minimum absolute atomic E-state index is 0.158. The first-order chi connectivity index (χ1) is 17.8. The topological polar surface area (TPSA) is 127 Å². The molecule has 37 heavy (non-hydrogen) atoms. The monoisotopic (exact) mass is 498 g/mol. The molecular formula is C28H30N6O3. The molecule has 1 amide bonds. The number of aliphatic hydroxyl groups excluding tert-OH is 1. The molecule has 0 radical (unpaired) electrons. The zero-order valence-corrected chi connectivity index (χ0v) is 21.0. The van der Waals surface area contributed by atoms with Crippen LogP contribution in [0.4, 0.5) is 5.82 Å². The van der Waals surface area contributed by atoms with Gasteiger partial charge in [0.1, 0.15) is 11.9 Å². The zero-order valence-electron chi connectivity index (χ0n) is 21.0. The number of carbonyl (C=O) groups is 2. The Kier molecular flexibility index (Phi) is 6.71. The molecule has 0 aliphatic carbocycles. The SMILES string of the molecule is CC(=O)c1c(CC2CCN(C(=O)[C@@H](C)O)CC2)nc2c(-c3ccc(-c4ccccc4)nc3)cnn2c1N. The Labute approximate surface area is 215 Å². The summed E-state index contributed by atoms with van der Waals surface area (Å²) in [5, 5.41) is 14.0. The van der Waals surface area contributed by atoms with Crippen molar-refractivity contribution in [1.82, 2.24) is 24.5 Å². The molecule has 1 atom stereocenters. The molecule has 1 aromatic carbocycles. The van der Waals surface area contributed by atoms with E-state index in [1.165, 1.54) is 18.4 Å². The van der Waals surface area contributed by atoms with E-state index in [1.54, 1.807) is 17.3 Å². The highest BCUT2D eigenvalue weighted by Gasteiger charge is 2.28. The summed E-state index contributed by atoms with van der Waals surface area (Å²) in [6.07, 6.45) is 4.60. The Morgan fingerprint density at radius 3 is 2.43 bits per heavy atom. The van der Waals surface area contributed by atoms with Crippen molar-refractivity contribution >= 4 is 23.2 Å². The molecular weight excluding hydrogens is 468 g/mol. The number of ketones is 1. The Hall–Kier alpha value is -4.11. The molecule has 3 N–H and O–H groups in total. The smallest absolute Gasteiger partial charge is 0.251 e. The van der Waals surface area contributed by atoms with Crippen molar-refractivity contribution in [3.63, 3.8) is 0 Å². The lowest BCUT2D eigenvalue weighted by atomic mass is 9.90. The number of nitrogens with two attached hydrogens (primary N) is 1. The van der Waals surface area contributed by atoms with Crippen LogP contribution in [0.25, 0.3) is 28.0 Å². The normalized spacial score (nSPS) is 15.2. The van der Waals surface area contributed by atoms with E-state index in [0.29, 0.717) is 36.4 Å². The van der Waals surface area contributed by atoms with Crippen molar-refractivity contribution in [2.75, 3.05) is 18.8 Å². The van der Waals surface area contributed by atoms with Gasteiger partial charge in [-0.15, -0.1) is 0 Å². The van der Waals surface area contributed by atoms with Crippen molar-refractivity contribution < 1.29 is 14.7 Å². The summed E-state index contributed by atoms with van der Waals surface area (Å²) in [7, 11) is 0. The average molecular weight is 499 g/mol. The molecule has 0 unspecified atom stereocenters. The molecule has 1 saturated heterocycles. The number of likely N-dealkylation sites (tertiary alicyclic amines) is 1.